The van der Waals surface area contributed by atoms with Crippen LogP contribution in [0.5, 0.6) is 5.75 Å². The Bertz CT molecular complexity index is 425. The number of methoxy groups -OCH3 is 1. The first-order valence-corrected chi connectivity index (χ1v) is 5.90. The third-order valence-electron chi connectivity index (χ3n) is 2.42. The van der Waals surface area contributed by atoms with Crippen LogP contribution in [0.1, 0.15) is 6.92 Å². The van der Waals surface area contributed by atoms with Gasteiger partial charge in [0.2, 0.25) is 0 Å². The molecule has 0 aromatic heterocycles. The standard InChI is InChI=1S/C12H18N2O5/c1-3-19-12-6-9(4-5-11(12)14(16)17)13-10(7-15)8-18-2/h4-6,10,13,15H,3,7-8H2,1-2H3. The van der Waals surface area contributed by atoms with Crippen LogP contribution in [0.2, 0.25) is 0 Å². The summed E-state index contributed by atoms with van der Waals surface area (Å²) in [7, 11) is 1.53. The number of nitrogens with zero attached hydrogens (tertiary/aromatic N) is 1. The summed E-state index contributed by atoms with van der Waals surface area (Å²) < 4.78 is 10.2. The van der Waals surface area contributed by atoms with E-state index in [-0.39, 0.29) is 24.1 Å². The molecule has 1 aromatic rings. The van der Waals surface area contributed by atoms with E-state index in [0.717, 1.165) is 0 Å². The molecule has 0 aliphatic heterocycles. The average Bonchev–Trinajstić information content (AvgIpc) is 2.38. The van der Waals surface area contributed by atoms with E-state index >= 15 is 0 Å². The van der Waals surface area contributed by atoms with E-state index < -0.39 is 4.92 Å². The van der Waals surface area contributed by atoms with Crippen molar-refractivity contribution in [1.82, 2.24) is 0 Å². The van der Waals surface area contributed by atoms with Gasteiger partial charge in [0.25, 0.3) is 0 Å². The number of ether oxygens (including phenoxy) is 2. The van der Waals surface area contributed by atoms with Gasteiger partial charge in [0.1, 0.15) is 0 Å². The molecule has 1 atom stereocenters. The fraction of sp³-hybridized carbons (Fsp3) is 0.500. The first-order valence-electron chi connectivity index (χ1n) is 5.90. The molecule has 2 N–H and O–H groups in total. The Labute approximate surface area is 111 Å². The van der Waals surface area contributed by atoms with Crippen LogP contribution in [0, 0.1) is 10.1 Å². The van der Waals surface area contributed by atoms with E-state index in [1.54, 1.807) is 19.1 Å². The number of benzene rings is 1. The van der Waals surface area contributed by atoms with Crippen molar-refractivity contribution in [2.75, 3.05) is 32.2 Å². The molecule has 7 nitrogen and oxygen atoms in total. The average molecular weight is 270 g/mol. The molecule has 1 aromatic carbocycles. The van der Waals surface area contributed by atoms with Crippen molar-refractivity contribution in [2.45, 2.75) is 13.0 Å². The zero-order chi connectivity index (χ0) is 14.3. The molecule has 7 heteroatoms. The second-order valence-corrected chi connectivity index (χ2v) is 3.85. The van der Waals surface area contributed by atoms with Crippen LogP contribution in [0.15, 0.2) is 18.2 Å². The van der Waals surface area contributed by atoms with Gasteiger partial charge in [0, 0.05) is 24.9 Å². The summed E-state index contributed by atoms with van der Waals surface area (Å²) in [4.78, 5) is 10.3. The number of rotatable bonds is 8. The highest BCUT2D eigenvalue weighted by atomic mass is 16.6. The highest BCUT2D eigenvalue weighted by molar-refractivity contribution is 5.58. The van der Waals surface area contributed by atoms with Crippen molar-refractivity contribution < 1.29 is 19.5 Å². The molecule has 0 radical (unpaired) electrons. The molecular weight excluding hydrogens is 252 g/mol. The fourth-order valence-electron chi connectivity index (χ4n) is 1.60. The minimum absolute atomic E-state index is 0.0836. The van der Waals surface area contributed by atoms with Gasteiger partial charge >= 0.3 is 5.69 Å². The molecule has 0 aliphatic rings. The lowest BCUT2D eigenvalue weighted by atomic mass is 10.2. The van der Waals surface area contributed by atoms with Crippen LogP contribution < -0.4 is 10.1 Å². The van der Waals surface area contributed by atoms with Crippen LogP contribution in [0.25, 0.3) is 0 Å². The molecule has 0 aliphatic carbocycles. The molecule has 106 valence electrons. The molecule has 1 rings (SSSR count). The van der Waals surface area contributed by atoms with Crippen molar-refractivity contribution in [2.24, 2.45) is 0 Å². The number of hydrogen-bond donors (Lipinski definition) is 2. The summed E-state index contributed by atoms with van der Waals surface area (Å²) in [5, 5.41) is 23.0. The summed E-state index contributed by atoms with van der Waals surface area (Å²) in [6.45, 7) is 2.32. The monoisotopic (exact) mass is 270 g/mol. The third-order valence-corrected chi connectivity index (χ3v) is 2.42. The normalized spacial score (nSPS) is 11.9. The Hall–Kier alpha value is -1.86. The predicted molar refractivity (Wildman–Crippen MR) is 70.6 cm³/mol. The maximum Gasteiger partial charge on any atom is 0.311 e. The Balaban J connectivity index is 2.91. The van der Waals surface area contributed by atoms with Crippen LogP contribution >= 0.6 is 0 Å². The van der Waals surface area contributed by atoms with Crippen molar-refractivity contribution in [3.8, 4) is 5.75 Å². The zero-order valence-electron chi connectivity index (χ0n) is 11.0. The molecule has 0 amide bonds. The van der Waals surface area contributed by atoms with Gasteiger partial charge in [0.05, 0.1) is 30.8 Å². The number of anilines is 1. The molecule has 0 saturated heterocycles. The minimum atomic E-state index is -0.493. The second kappa shape index (κ2) is 7.55. The van der Waals surface area contributed by atoms with Gasteiger partial charge in [-0.25, -0.2) is 0 Å². The van der Waals surface area contributed by atoms with Gasteiger partial charge in [-0.3, -0.25) is 10.1 Å². The fourth-order valence-corrected chi connectivity index (χ4v) is 1.60. The number of aliphatic hydroxyl groups is 1. The van der Waals surface area contributed by atoms with Crippen molar-refractivity contribution >= 4 is 11.4 Å². The number of nitrogens with one attached hydrogen (secondary N) is 1. The quantitative estimate of drug-likeness (QED) is 0.548. The summed E-state index contributed by atoms with van der Waals surface area (Å²) in [6, 6.07) is 4.20. The maximum atomic E-state index is 10.8. The second-order valence-electron chi connectivity index (χ2n) is 3.85. The van der Waals surface area contributed by atoms with Crippen molar-refractivity contribution in [3.63, 3.8) is 0 Å². The smallest absolute Gasteiger partial charge is 0.311 e. The van der Waals surface area contributed by atoms with Gasteiger partial charge in [-0.2, -0.15) is 0 Å². The Morgan fingerprint density at radius 2 is 2.26 bits per heavy atom. The molecule has 0 heterocycles. The summed E-state index contributed by atoms with van der Waals surface area (Å²) in [6.07, 6.45) is 0. The summed E-state index contributed by atoms with van der Waals surface area (Å²) in [5.74, 6) is 0.201. The Morgan fingerprint density at radius 3 is 2.79 bits per heavy atom. The largest absolute Gasteiger partial charge is 0.487 e. The van der Waals surface area contributed by atoms with E-state index in [0.29, 0.717) is 18.9 Å². The minimum Gasteiger partial charge on any atom is -0.487 e. The number of hydrogen-bond acceptors (Lipinski definition) is 6. The molecule has 0 bridgehead atoms. The van der Waals surface area contributed by atoms with E-state index in [4.69, 9.17) is 14.6 Å². The lowest BCUT2D eigenvalue weighted by Gasteiger charge is -2.17. The lowest BCUT2D eigenvalue weighted by molar-refractivity contribution is -0.385. The van der Waals surface area contributed by atoms with Crippen LogP contribution in [-0.2, 0) is 4.74 Å². The molecule has 0 spiro atoms. The third kappa shape index (κ3) is 4.38. The maximum absolute atomic E-state index is 10.8. The molecule has 19 heavy (non-hydrogen) atoms. The van der Waals surface area contributed by atoms with Crippen LogP contribution in [0.4, 0.5) is 11.4 Å². The van der Waals surface area contributed by atoms with Crippen molar-refractivity contribution in [1.29, 1.82) is 0 Å². The topological polar surface area (TPSA) is 93.9 Å². The van der Waals surface area contributed by atoms with Gasteiger partial charge in [0.15, 0.2) is 5.75 Å². The Morgan fingerprint density at radius 1 is 1.53 bits per heavy atom. The highest BCUT2D eigenvalue weighted by Gasteiger charge is 2.16. The highest BCUT2D eigenvalue weighted by Crippen LogP contribution is 2.30. The molecule has 1 unspecified atom stereocenters. The number of aliphatic hydroxyl groups excluding tert-OH is 1. The lowest BCUT2D eigenvalue weighted by Crippen LogP contribution is -2.28. The summed E-state index contributed by atoms with van der Waals surface area (Å²) >= 11 is 0. The molecule has 0 fully saturated rings. The van der Waals surface area contributed by atoms with Gasteiger partial charge in [-0.05, 0) is 13.0 Å². The van der Waals surface area contributed by atoms with E-state index in [2.05, 4.69) is 5.32 Å². The number of nitro benzene ring substituents is 1. The SMILES string of the molecule is CCOc1cc(NC(CO)COC)ccc1[N+](=O)[O-]. The van der Waals surface area contributed by atoms with E-state index in [9.17, 15) is 10.1 Å². The van der Waals surface area contributed by atoms with Crippen LogP contribution in [0.3, 0.4) is 0 Å². The first kappa shape index (κ1) is 15.2. The van der Waals surface area contributed by atoms with Gasteiger partial charge < -0.3 is 19.9 Å². The van der Waals surface area contributed by atoms with E-state index in [1.807, 2.05) is 0 Å². The van der Waals surface area contributed by atoms with Crippen LogP contribution in [-0.4, -0.2) is 43.0 Å². The van der Waals surface area contributed by atoms with Gasteiger partial charge in [-0.15, -0.1) is 0 Å². The molecular formula is C12H18N2O5. The number of nitro groups is 1. The Kier molecular flexibility index (Phi) is 6.04. The predicted octanol–water partition coefficient (Wildman–Crippen LogP) is 1.41. The van der Waals surface area contributed by atoms with Gasteiger partial charge in [-0.1, -0.05) is 0 Å². The zero-order valence-corrected chi connectivity index (χ0v) is 11.0. The van der Waals surface area contributed by atoms with Crippen molar-refractivity contribution in [3.05, 3.63) is 28.3 Å². The molecule has 0 saturated carbocycles. The summed E-state index contributed by atoms with van der Waals surface area (Å²) in [5.41, 5.74) is 0.546. The first-order chi connectivity index (χ1) is 9.12. The van der Waals surface area contributed by atoms with E-state index in [1.165, 1.54) is 13.2 Å².